The molecule has 4 amide bonds. The molecule has 11 heteroatoms. The Labute approximate surface area is 249 Å². The lowest BCUT2D eigenvalue weighted by atomic mass is 10.00. The molecule has 1 aromatic heterocycles. The fourth-order valence-corrected chi connectivity index (χ4v) is 5.58. The van der Waals surface area contributed by atoms with Crippen LogP contribution in [-0.4, -0.2) is 40.6 Å². The number of carbonyl (C=O) groups is 4. The summed E-state index contributed by atoms with van der Waals surface area (Å²) >= 11 is 1.61. The number of carbonyl (C=O) groups excluding carboxylic acids is 4. The van der Waals surface area contributed by atoms with Gasteiger partial charge in [-0.2, -0.15) is 0 Å². The number of amides is 4. The van der Waals surface area contributed by atoms with Crippen molar-refractivity contribution in [3.63, 3.8) is 0 Å². The first-order valence-electron chi connectivity index (χ1n) is 14.4. The molecule has 0 atom stereocenters. The number of thiophene rings is 1. The van der Waals surface area contributed by atoms with E-state index in [2.05, 4.69) is 34.9 Å². The maximum absolute atomic E-state index is 12.6. The third kappa shape index (κ3) is 11.2. The summed E-state index contributed by atoms with van der Waals surface area (Å²) in [6.07, 6.45) is 6.60. The normalized spacial score (nSPS) is 10.8. The van der Waals surface area contributed by atoms with Gasteiger partial charge in [-0.1, -0.05) is 43.5 Å². The van der Waals surface area contributed by atoms with E-state index in [1.807, 2.05) is 23.6 Å². The second-order valence-electron chi connectivity index (χ2n) is 10.3. The zero-order valence-electron chi connectivity index (χ0n) is 23.7. The molecule has 0 aliphatic carbocycles. The third-order valence-corrected chi connectivity index (χ3v) is 7.98. The molecular formula is C31H40N4O6S. The molecule has 0 aliphatic rings. The van der Waals surface area contributed by atoms with Crippen molar-refractivity contribution in [3.8, 4) is 11.1 Å². The fourth-order valence-electron chi connectivity index (χ4n) is 4.64. The first-order chi connectivity index (χ1) is 20.4. The average Bonchev–Trinajstić information content (AvgIpc) is 3.40. The van der Waals surface area contributed by atoms with E-state index in [4.69, 9.17) is 10.4 Å². The van der Waals surface area contributed by atoms with Gasteiger partial charge in [0, 0.05) is 37.1 Å². The smallest absolute Gasteiger partial charge is 0.243 e. The Bertz CT molecular complexity index is 1340. The molecule has 2 aromatic carbocycles. The maximum Gasteiger partial charge on any atom is 0.243 e. The van der Waals surface area contributed by atoms with Crippen molar-refractivity contribution in [3.05, 3.63) is 59.0 Å². The Kier molecular flexibility index (Phi) is 13.9. The molecule has 6 N–H and O–H groups in total. The van der Waals surface area contributed by atoms with Crippen molar-refractivity contribution < 1.29 is 29.6 Å². The molecule has 0 fully saturated rings. The van der Waals surface area contributed by atoms with Gasteiger partial charge in [-0.25, -0.2) is 11.0 Å². The average molecular weight is 597 g/mol. The first-order valence-corrected chi connectivity index (χ1v) is 15.3. The van der Waals surface area contributed by atoms with E-state index in [0.29, 0.717) is 38.8 Å². The number of nitrogens with one attached hydrogen (secondary N) is 4. The topological polar surface area (TPSA) is 157 Å². The number of hydroxylamine groups is 2. The molecule has 0 radical (unpaired) electrons. The van der Waals surface area contributed by atoms with Crippen molar-refractivity contribution in [2.75, 3.05) is 6.54 Å². The second kappa shape index (κ2) is 17.9. The van der Waals surface area contributed by atoms with E-state index in [0.717, 1.165) is 64.4 Å². The molecule has 0 saturated heterocycles. The molecule has 0 saturated carbocycles. The minimum atomic E-state index is -0.398. The summed E-state index contributed by atoms with van der Waals surface area (Å²) in [4.78, 5) is 46.9. The monoisotopic (exact) mass is 596 g/mol. The number of hydrogen-bond donors (Lipinski definition) is 6. The van der Waals surface area contributed by atoms with Gasteiger partial charge >= 0.3 is 0 Å². The second-order valence-corrected chi connectivity index (χ2v) is 11.2. The molecular weight excluding hydrogens is 556 g/mol. The predicted octanol–water partition coefficient (Wildman–Crippen LogP) is 4.76. The van der Waals surface area contributed by atoms with Gasteiger partial charge in [0.15, 0.2) is 0 Å². The molecule has 0 aliphatic heterocycles. The Morgan fingerprint density at radius 2 is 1.31 bits per heavy atom. The van der Waals surface area contributed by atoms with E-state index < -0.39 is 5.91 Å². The van der Waals surface area contributed by atoms with Gasteiger partial charge < -0.3 is 10.6 Å². The molecule has 226 valence electrons. The molecule has 42 heavy (non-hydrogen) atoms. The van der Waals surface area contributed by atoms with Gasteiger partial charge in [0.25, 0.3) is 0 Å². The minimum Gasteiger partial charge on any atom is -0.356 e. The molecule has 0 unspecified atom stereocenters. The highest BCUT2D eigenvalue weighted by Crippen LogP contribution is 2.31. The molecule has 1 heterocycles. The van der Waals surface area contributed by atoms with Gasteiger partial charge in [-0.05, 0) is 76.9 Å². The number of fused-ring (bicyclic) bond motifs is 1. The van der Waals surface area contributed by atoms with Crippen LogP contribution in [0.25, 0.3) is 21.2 Å². The van der Waals surface area contributed by atoms with E-state index in [1.54, 1.807) is 22.3 Å². The van der Waals surface area contributed by atoms with E-state index in [-0.39, 0.29) is 30.6 Å². The Morgan fingerprint density at radius 1 is 0.667 bits per heavy atom. The quantitative estimate of drug-likeness (QED) is 0.0707. The molecule has 0 spiro atoms. The number of unbranched alkanes of at least 4 members (excludes halogenated alkanes) is 5. The summed E-state index contributed by atoms with van der Waals surface area (Å²) in [6, 6.07) is 14.3. The van der Waals surface area contributed by atoms with E-state index in [9.17, 15) is 19.2 Å². The molecule has 10 nitrogen and oxygen atoms in total. The summed E-state index contributed by atoms with van der Waals surface area (Å²) in [6.45, 7) is 0.978. The van der Waals surface area contributed by atoms with Crippen molar-refractivity contribution in [1.82, 2.24) is 21.6 Å². The van der Waals surface area contributed by atoms with Crippen molar-refractivity contribution in [2.45, 2.75) is 77.2 Å². The predicted molar refractivity (Wildman–Crippen MR) is 162 cm³/mol. The van der Waals surface area contributed by atoms with Crippen molar-refractivity contribution >= 4 is 45.1 Å². The van der Waals surface area contributed by atoms with Crippen LogP contribution in [0.5, 0.6) is 0 Å². The molecule has 3 aromatic rings. The largest absolute Gasteiger partial charge is 0.356 e. The maximum atomic E-state index is 12.6. The number of benzene rings is 2. The summed E-state index contributed by atoms with van der Waals surface area (Å²) in [5.41, 5.74) is 7.29. The van der Waals surface area contributed by atoms with Crippen LogP contribution in [0.3, 0.4) is 0 Å². The van der Waals surface area contributed by atoms with E-state index >= 15 is 0 Å². The van der Waals surface area contributed by atoms with Crippen LogP contribution in [0.2, 0.25) is 0 Å². The Morgan fingerprint density at radius 3 is 2.00 bits per heavy atom. The van der Waals surface area contributed by atoms with Gasteiger partial charge in [0.2, 0.25) is 23.6 Å². The van der Waals surface area contributed by atoms with Crippen LogP contribution in [0, 0.1) is 0 Å². The van der Waals surface area contributed by atoms with Crippen LogP contribution in [0.1, 0.15) is 75.3 Å². The lowest BCUT2D eigenvalue weighted by molar-refractivity contribution is -0.130. The minimum absolute atomic E-state index is 0.00906. The van der Waals surface area contributed by atoms with Crippen molar-refractivity contribution in [1.29, 1.82) is 0 Å². The van der Waals surface area contributed by atoms with Gasteiger partial charge in [0.1, 0.15) is 0 Å². The van der Waals surface area contributed by atoms with Crippen LogP contribution < -0.4 is 21.6 Å². The van der Waals surface area contributed by atoms with Crippen LogP contribution in [0.15, 0.2) is 47.8 Å². The van der Waals surface area contributed by atoms with Crippen LogP contribution in [0.4, 0.5) is 0 Å². The highest BCUT2D eigenvalue weighted by atomic mass is 32.1. The van der Waals surface area contributed by atoms with Gasteiger partial charge in [0.05, 0.1) is 6.42 Å². The third-order valence-electron chi connectivity index (χ3n) is 6.96. The Balaban J connectivity index is 1.47. The SMILES string of the molecule is O=C(CCCCCCC(=O)NCc1cccc(-c2ccc3scc(CC(=O)NCCCCCC(=O)NO)c3c2)c1)NO. The molecule has 3 rings (SSSR count). The number of hydrogen-bond acceptors (Lipinski definition) is 7. The lowest BCUT2D eigenvalue weighted by Crippen LogP contribution is -2.26. The fraction of sp³-hybridized carbons (Fsp3) is 0.419. The summed E-state index contributed by atoms with van der Waals surface area (Å²) in [5, 5.41) is 26.0. The first kappa shape index (κ1) is 32.7. The molecule has 0 bridgehead atoms. The van der Waals surface area contributed by atoms with Gasteiger partial charge in [-0.15, -0.1) is 11.3 Å². The number of rotatable bonds is 18. The standard InChI is InChI=1S/C31H40N4O6S/c36-28(11-4-1-2-5-12-29(37)34-40)33-20-22-9-8-10-23(17-22)24-14-15-27-26(18-24)25(21-42-27)19-31(39)32-16-7-3-6-13-30(38)35-41/h8-10,14-15,17-18,21,40-41H,1-7,11-13,16,19-20H2,(H,32,39)(H,33,36)(H,34,37)(H,35,38). The van der Waals surface area contributed by atoms with Crippen LogP contribution in [-0.2, 0) is 32.1 Å². The zero-order chi connectivity index (χ0) is 30.2. The lowest BCUT2D eigenvalue weighted by Gasteiger charge is -2.09. The highest BCUT2D eigenvalue weighted by molar-refractivity contribution is 7.17. The van der Waals surface area contributed by atoms with Crippen LogP contribution >= 0.6 is 11.3 Å². The summed E-state index contributed by atoms with van der Waals surface area (Å²) in [5.74, 6) is -0.836. The zero-order valence-corrected chi connectivity index (χ0v) is 24.6. The highest BCUT2D eigenvalue weighted by Gasteiger charge is 2.11. The Hall–Kier alpha value is -3.80. The van der Waals surface area contributed by atoms with Crippen molar-refractivity contribution in [2.24, 2.45) is 0 Å². The summed E-state index contributed by atoms with van der Waals surface area (Å²) in [7, 11) is 0. The van der Waals surface area contributed by atoms with Gasteiger partial charge in [-0.3, -0.25) is 29.6 Å². The van der Waals surface area contributed by atoms with E-state index in [1.165, 1.54) is 0 Å². The summed E-state index contributed by atoms with van der Waals surface area (Å²) < 4.78 is 1.11.